The Morgan fingerprint density at radius 3 is 2.76 bits per heavy atom. The largest absolute Gasteiger partial charge is 0.309 e. The Bertz CT molecular complexity index is 359. The first-order chi connectivity index (χ1) is 7.96. The molecule has 0 bridgehead atoms. The number of thiophene rings is 1. The molecule has 0 aromatic carbocycles. The average Bonchev–Trinajstić information content (AvgIpc) is 2.54. The summed E-state index contributed by atoms with van der Waals surface area (Å²) in [6.07, 6.45) is 5.46. The normalized spacial score (nSPS) is 23.9. The Labute approximate surface area is 110 Å². The second kappa shape index (κ2) is 5.11. The summed E-state index contributed by atoms with van der Waals surface area (Å²) in [7, 11) is 0. The summed E-state index contributed by atoms with van der Waals surface area (Å²) in [5.41, 5.74) is 1.98. The lowest BCUT2D eigenvalue weighted by atomic mass is 9.75. The standard InChI is InChI=1S/C15H25NS/c1-11-8-14(17-12(11)2)10-16-13-6-5-7-15(3,4)9-13/h8,13,16H,5-7,9-10H2,1-4H3. The molecule has 1 atom stereocenters. The summed E-state index contributed by atoms with van der Waals surface area (Å²) in [5.74, 6) is 0. The second-order valence-electron chi connectivity index (χ2n) is 6.29. The van der Waals surface area contributed by atoms with Crippen LogP contribution in [-0.2, 0) is 6.54 Å². The van der Waals surface area contributed by atoms with Crippen molar-refractivity contribution in [2.24, 2.45) is 5.41 Å². The van der Waals surface area contributed by atoms with Gasteiger partial charge in [-0.1, -0.05) is 20.3 Å². The quantitative estimate of drug-likeness (QED) is 0.838. The average molecular weight is 251 g/mol. The molecule has 0 aliphatic heterocycles. The Hall–Kier alpha value is -0.340. The van der Waals surface area contributed by atoms with Crippen LogP contribution in [-0.4, -0.2) is 6.04 Å². The molecule has 1 aliphatic rings. The van der Waals surface area contributed by atoms with Crippen molar-refractivity contribution in [2.45, 2.75) is 66.0 Å². The molecule has 0 amide bonds. The lowest BCUT2D eigenvalue weighted by Crippen LogP contribution is -2.36. The third kappa shape index (κ3) is 3.56. The molecule has 1 unspecified atom stereocenters. The van der Waals surface area contributed by atoms with Gasteiger partial charge in [-0.05, 0) is 50.2 Å². The maximum atomic E-state index is 3.74. The number of hydrogen-bond donors (Lipinski definition) is 1. The maximum absolute atomic E-state index is 3.74. The Balaban J connectivity index is 1.86. The van der Waals surface area contributed by atoms with Gasteiger partial charge >= 0.3 is 0 Å². The van der Waals surface area contributed by atoms with E-state index in [-0.39, 0.29) is 0 Å². The van der Waals surface area contributed by atoms with E-state index in [1.54, 1.807) is 0 Å². The third-order valence-corrected chi connectivity index (χ3v) is 5.14. The van der Waals surface area contributed by atoms with E-state index in [4.69, 9.17) is 0 Å². The van der Waals surface area contributed by atoms with Crippen LogP contribution in [0.25, 0.3) is 0 Å². The van der Waals surface area contributed by atoms with Gasteiger partial charge in [0.15, 0.2) is 0 Å². The minimum absolute atomic E-state index is 0.539. The molecule has 2 heteroatoms. The molecule has 1 aromatic rings. The molecule has 1 heterocycles. The van der Waals surface area contributed by atoms with Gasteiger partial charge in [0, 0.05) is 22.3 Å². The van der Waals surface area contributed by atoms with Crippen LogP contribution in [0, 0.1) is 19.3 Å². The molecule has 96 valence electrons. The minimum atomic E-state index is 0.539. The van der Waals surface area contributed by atoms with E-state index < -0.39 is 0 Å². The second-order valence-corrected chi connectivity index (χ2v) is 7.63. The zero-order valence-electron chi connectivity index (χ0n) is 11.6. The minimum Gasteiger partial charge on any atom is -0.309 e. The SMILES string of the molecule is Cc1cc(CNC2CCCC(C)(C)C2)sc1C. The van der Waals surface area contributed by atoms with Gasteiger partial charge in [0.1, 0.15) is 0 Å². The fraction of sp³-hybridized carbons (Fsp3) is 0.733. The molecule has 0 spiro atoms. The van der Waals surface area contributed by atoms with Crippen LogP contribution in [0.3, 0.4) is 0 Å². The lowest BCUT2D eigenvalue weighted by Gasteiger charge is -2.35. The van der Waals surface area contributed by atoms with Gasteiger partial charge in [0.2, 0.25) is 0 Å². The summed E-state index contributed by atoms with van der Waals surface area (Å²) in [6.45, 7) is 10.3. The van der Waals surface area contributed by atoms with Gasteiger partial charge < -0.3 is 5.32 Å². The summed E-state index contributed by atoms with van der Waals surface area (Å²) >= 11 is 1.94. The van der Waals surface area contributed by atoms with Gasteiger partial charge in [0.25, 0.3) is 0 Å². The third-order valence-electron chi connectivity index (χ3n) is 3.99. The molecule has 0 radical (unpaired) electrons. The molecule has 1 fully saturated rings. The maximum Gasteiger partial charge on any atom is 0.0302 e. The van der Waals surface area contributed by atoms with Crippen molar-refractivity contribution < 1.29 is 0 Å². The van der Waals surface area contributed by atoms with Gasteiger partial charge in [-0.15, -0.1) is 11.3 Å². The zero-order chi connectivity index (χ0) is 12.5. The van der Waals surface area contributed by atoms with Crippen LogP contribution in [0.15, 0.2) is 6.07 Å². The highest BCUT2D eigenvalue weighted by Gasteiger charge is 2.27. The topological polar surface area (TPSA) is 12.0 Å². The first-order valence-corrected chi connectivity index (χ1v) is 7.57. The highest BCUT2D eigenvalue weighted by atomic mass is 32.1. The van der Waals surface area contributed by atoms with Gasteiger partial charge in [-0.2, -0.15) is 0 Å². The highest BCUT2D eigenvalue weighted by Crippen LogP contribution is 2.35. The van der Waals surface area contributed by atoms with Crippen molar-refractivity contribution in [3.05, 3.63) is 21.4 Å². The molecule has 0 saturated heterocycles. The molecular formula is C15H25NS. The molecule has 2 rings (SSSR count). The smallest absolute Gasteiger partial charge is 0.0302 e. The Morgan fingerprint density at radius 1 is 1.41 bits per heavy atom. The summed E-state index contributed by atoms with van der Waals surface area (Å²) in [4.78, 5) is 2.95. The molecule has 1 nitrogen and oxygen atoms in total. The predicted molar refractivity (Wildman–Crippen MR) is 76.7 cm³/mol. The molecular weight excluding hydrogens is 226 g/mol. The van der Waals surface area contributed by atoms with Crippen molar-refractivity contribution in [1.29, 1.82) is 0 Å². The molecule has 17 heavy (non-hydrogen) atoms. The zero-order valence-corrected chi connectivity index (χ0v) is 12.4. The van der Waals surface area contributed by atoms with Crippen molar-refractivity contribution in [2.75, 3.05) is 0 Å². The van der Waals surface area contributed by atoms with Crippen LogP contribution in [0.2, 0.25) is 0 Å². The van der Waals surface area contributed by atoms with Gasteiger partial charge in [-0.25, -0.2) is 0 Å². The van der Waals surface area contributed by atoms with Gasteiger partial charge in [0.05, 0.1) is 0 Å². The van der Waals surface area contributed by atoms with Crippen molar-refractivity contribution >= 4 is 11.3 Å². The van der Waals surface area contributed by atoms with E-state index >= 15 is 0 Å². The van der Waals surface area contributed by atoms with Crippen LogP contribution < -0.4 is 5.32 Å². The molecule has 1 aliphatic carbocycles. The van der Waals surface area contributed by atoms with Crippen LogP contribution in [0.1, 0.15) is 54.8 Å². The van der Waals surface area contributed by atoms with Gasteiger partial charge in [-0.3, -0.25) is 0 Å². The molecule has 1 aromatic heterocycles. The lowest BCUT2D eigenvalue weighted by molar-refractivity contribution is 0.198. The molecule has 1 saturated carbocycles. The van der Waals surface area contributed by atoms with E-state index in [9.17, 15) is 0 Å². The van der Waals surface area contributed by atoms with Crippen LogP contribution in [0.4, 0.5) is 0 Å². The van der Waals surface area contributed by atoms with Crippen molar-refractivity contribution in [3.63, 3.8) is 0 Å². The first-order valence-electron chi connectivity index (χ1n) is 6.75. The van der Waals surface area contributed by atoms with Crippen molar-refractivity contribution in [1.82, 2.24) is 5.32 Å². The van der Waals surface area contributed by atoms with E-state index in [2.05, 4.69) is 39.1 Å². The Kier molecular flexibility index (Phi) is 3.94. The fourth-order valence-electron chi connectivity index (χ4n) is 2.85. The summed E-state index contributed by atoms with van der Waals surface area (Å²) < 4.78 is 0. The van der Waals surface area contributed by atoms with E-state index in [1.807, 2.05) is 11.3 Å². The monoisotopic (exact) mass is 251 g/mol. The number of nitrogens with one attached hydrogen (secondary N) is 1. The highest BCUT2D eigenvalue weighted by molar-refractivity contribution is 7.12. The van der Waals surface area contributed by atoms with E-state index in [1.165, 1.54) is 41.0 Å². The fourth-order valence-corrected chi connectivity index (χ4v) is 3.86. The predicted octanol–water partition coefficient (Wildman–Crippen LogP) is 4.42. The molecule has 1 N–H and O–H groups in total. The number of hydrogen-bond acceptors (Lipinski definition) is 2. The summed E-state index contributed by atoms with van der Waals surface area (Å²) in [6, 6.07) is 3.06. The summed E-state index contributed by atoms with van der Waals surface area (Å²) in [5, 5.41) is 3.74. The van der Waals surface area contributed by atoms with Crippen LogP contribution in [0.5, 0.6) is 0 Å². The Morgan fingerprint density at radius 2 is 2.18 bits per heavy atom. The van der Waals surface area contributed by atoms with Crippen LogP contribution >= 0.6 is 11.3 Å². The first kappa shape index (κ1) is 13.1. The van der Waals surface area contributed by atoms with E-state index in [0.29, 0.717) is 5.41 Å². The van der Waals surface area contributed by atoms with E-state index in [0.717, 1.165) is 12.6 Å². The number of rotatable bonds is 3. The number of aryl methyl sites for hydroxylation is 2. The van der Waals surface area contributed by atoms with Crippen molar-refractivity contribution in [3.8, 4) is 0 Å².